The van der Waals surface area contributed by atoms with Crippen molar-refractivity contribution in [2.45, 2.75) is 6.18 Å². The Morgan fingerprint density at radius 3 is 2.50 bits per heavy atom. The molecule has 0 spiro atoms. The number of anilines is 1. The molecule has 7 nitrogen and oxygen atoms in total. The van der Waals surface area contributed by atoms with E-state index in [1.807, 2.05) is 6.07 Å². The van der Waals surface area contributed by atoms with Crippen molar-refractivity contribution in [2.24, 2.45) is 0 Å². The van der Waals surface area contributed by atoms with Crippen molar-refractivity contribution in [1.29, 1.82) is 5.26 Å². The molecule has 2 heterocycles. The van der Waals surface area contributed by atoms with Gasteiger partial charge in [-0.05, 0) is 30.3 Å². The molecule has 154 valence electrons. The van der Waals surface area contributed by atoms with E-state index >= 15 is 0 Å². The zero-order chi connectivity index (χ0) is 22.1. The molecule has 0 bridgehead atoms. The van der Waals surface area contributed by atoms with Crippen molar-refractivity contribution in [2.75, 3.05) is 12.8 Å². The molecule has 3 rings (SSSR count). The van der Waals surface area contributed by atoms with Crippen LogP contribution >= 0.6 is 11.6 Å². The van der Waals surface area contributed by atoms with Gasteiger partial charge in [-0.2, -0.15) is 18.4 Å². The molecule has 2 aromatic heterocycles. The molecule has 11 heteroatoms. The maximum absolute atomic E-state index is 12.9. The zero-order valence-corrected chi connectivity index (χ0v) is 16.0. The lowest BCUT2D eigenvalue weighted by Gasteiger charge is -2.11. The number of nitrogens with two attached hydrogens (primary N) is 1. The summed E-state index contributed by atoms with van der Waals surface area (Å²) in [6, 6.07) is 9.19. The first-order valence-corrected chi connectivity index (χ1v) is 8.54. The van der Waals surface area contributed by atoms with E-state index in [2.05, 4.69) is 4.98 Å². The fourth-order valence-electron chi connectivity index (χ4n) is 2.60. The van der Waals surface area contributed by atoms with Gasteiger partial charge >= 0.3 is 12.1 Å². The number of benzene rings is 1. The Bertz CT molecular complexity index is 1150. The maximum Gasteiger partial charge on any atom is 0.416 e. The van der Waals surface area contributed by atoms with Gasteiger partial charge in [0.1, 0.15) is 17.0 Å². The van der Waals surface area contributed by atoms with Gasteiger partial charge in [0.2, 0.25) is 5.88 Å². The molecule has 0 amide bonds. The van der Waals surface area contributed by atoms with Gasteiger partial charge in [0.25, 0.3) is 0 Å². The van der Waals surface area contributed by atoms with Crippen LogP contribution < -0.4 is 10.5 Å². The molecule has 0 atom stereocenters. The SMILES string of the molecule is COC(=O)c1c(N)c(C#N)cn1-c1ccc(Oc2cc(C(F)(F)F)cc(Cl)n2)cc1. The van der Waals surface area contributed by atoms with Crippen molar-refractivity contribution in [1.82, 2.24) is 9.55 Å². The minimum absolute atomic E-state index is 0.0333. The van der Waals surface area contributed by atoms with Crippen LogP contribution in [0.4, 0.5) is 18.9 Å². The van der Waals surface area contributed by atoms with Crippen LogP contribution in [0.3, 0.4) is 0 Å². The molecule has 0 aliphatic carbocycles. The van der Waals surface area contributed by atoms with E-state index in [9.17, 15) is 18.0 Å². The highest BCUT2D eigenvalue weighted by Gasteiger charge is 2.32. The Balaban J connectivity index is 1.93. The van der Waals surface area contributed by atoms with Gasteiger partial charge in [-0.25, -0.2) is 9.78 Å². The van der Waals surface area contributed by atoms with Crippen molar-refractivity contribution < 1.29 is 27.4 Å². The van der Waals surface area contributed by atoms with Crippen molar-refractivity contribution >= 4 is 23.3 Å². The number of nitriles is 1. The summed E-state index contributed by atoms with van der Waals surface area (Å²) in [5.74, 6) is -0.908. The molecule has 0 aliphatic heterocycles. The Labute approximate surface area is 173 Å². The summed E-state index contributed by atoms with van der Waals surface area (Å²) in [4.78, 5) is 15.8. The third kappa shape index (κ3) is 4.16. The third-order valence-electron chi connectivity index (χ3n) is 3.98. The number of nitrogens with zero attached hydrogens (tertiary/aromatic N) is 3. The number of methoxy groups -OCH3 is 1. The van der Waals surface area contributed by atoms with Crippen LogP contribution in [0.15, 0.2) is 42.6 Å². The Morgan fingerprint density at radius 1 is 1.27 bits per heavy atom. The van der Waals surface area contributed by atoms with Crippen molar-refractivity contribution in [3.8, 4) is 23.4 Å². The quantitative estimate of drug-likeness (QED) is 0.474. The van der Waals surface area contributed by atoms with Crippen LogP contribution in [0.25, 0.3) is 5.69 Å². The summed E-state index contributed by atoms with van der Waals surface area (Å²) in [5, 5.41) is 8.79. The third-order valence-corrected chi connectivity index (χ3v) is 4.17. The number of pyridine rings is 1. The van der Waals surface area contributed by atoms with Gasteiger partial charge in [0.05, 0.1) is 23.9 Å². The summed E-state index contributed by atoms with van der Waals surface area (Å²) >= 11 is 5.64. The van der Waals surface area contributed by atoms with Crippen molar-refractivity contribution in [3.05, 3.63) is 64.6 Å². The van der Waals surface area contributed by atoms with Crippen LogP contribution in [0.1, 0.15) is 21.6 Å². The second kappa shape index (κ2) is 7.96. The summed E-state index contributed by atoms with van der Waals surface area (Å²) in [5.41, 5.74) is 5.30. The predicted octanol–water partition coefficient (Wildman–Crippen LogP) is 4.58. The Morgan fingerprint density at radius 2 is 1.93 bits per heavy atom. The highest BCUT2D eigenvalue weighted by Crippen LogP contribution is 2.34. The largest absolute Gasteiger partial charge is 0.464 e. The number of alkyl halides is 3. The van der Waals surface area contributed by atoms with Crippen LogP contribution in [-0.2, 0) is 10.9 Å². The fourth-order valence-corrected chi connectivity index (χ4v) is 2.80. The highest BCUT2D eigenvalue weighted by atomic mass is 35.5. The zero-order valence-electron chi connectivity index (χ0n) is 15.2. The van der Waals surface area contributed by atoms with E-state index in [1.165, 1.54) is 42.1 Å². The van der Waals surface area contributed by atoms with E-state index < -0.39 is 17.7 Å². The molecule has 0 aliphatic rings. The predicted molar refractivity (Wildman–Crippen MR) is 101 cm³/mol. The van der Waals surface area contributed by atoms with Gasteiger partial charge in [0.15, 0.2) is 5.69 Å². The van der Waals surface area contributed by atoms with Crippen LogP contribution in [-0.4, -0.2) is 22.6 Å². The molecule has 0 saturated heterocycles. The van der Waals surface area contributed by atoms with Gasteiger partial charge in [0, 0.05) is 18.0 Å². The molecule has 0 radical (unpaired) electrons. The van der Waals surface area contributed by atoms with Crippen LogP contribution in [0.5, 0.6) is 11.6 Å². The maximum atomic E-state index is 12.9. The first-order valence-electron chi connectivity index (χ1n) is 8.16. The Hall–Kier alpha value is -3.71. The monoisotopic (exact) mass is 436 g/mol. The summed E-state index contributed by atoms with van der Waals surface area (Å²) in [6.45, 7) is 0. The second-order valence-corrected chi connectivity index (χ2v) is 6.28. The van der Waals surface area contributed by atoms with Crippen molar-refractivity contribution in [3.63, 3.8) is 0 Å². The summed E-state index contributed by atoms with van der Waals surface area (Å²) in [6.07, 6.45) is -3.24. The van der Waals surface area contributed by atoms with Gasteiger partial charge < -0.3 is 19.8 Å². The number of nitrogen functional groups attached to an aromatic ring is 1. The molecule has 0 saturated carbocycles. The van der Waals surface area contributed by atoms with Crippen LogP contribution in [0.2, 0.25) is 5.15 Å². The number of hydrogen-bond acceptors (Lipinski definition) is 6. The van der Waals surface area contributed by atoms with E-state index in [0.29, 0.717) is 11.8 Å². The van der Waals surface area contributed by atoms with Gasteiger partial charge in [-0.3, -0.25) is 0 Å². The summed E-state index contributed by atoms with van der Waals surface area (Å²) < 4.78 is 50.2. The fraction of sp³-hybridized carbons (Fsp3) is 0.105. The lowest BCUT2D eigenvalue weighted by atomic mass is 10.2. The molecular weight excluding hydrogens is 425 g/mol. The number of esters is 1. The first kappa shape index (κ1) is 21.0. The second-order valence-electron chi connectivity index (χ2n) is 5.89. The number of halogens is 4. The lowest BCUT2D eigenvalue weighted by Crippen LogP contribution is -2.11. The summed E-state index contributed by atoms with van der Waals surface area (Å²) in [7, 11) is 1.18. The molecule has 3 aromatic rings. The molecule has 1 aromatic carbocycles. The molecule has 2 N–H and O–H groups in total. The standard InChI is InChI=1S/C19H12ClF3N4O3/c1-29-18(28)17-16(25)10(8-24)9-27(17)12-2-4-13(5-3-12)30-15-7-11(19(21,22)23)6-14(20)26-15/h2-7,9H,25H2,1H3. The minimum Gasteiger partial charge on any atom is -0.464 e. The van der Waals surface area contributed by atoms with E-state index in [-0.39, 0.29) is 33.7 Å². The number of rotatable bonds is 4. The first-order chi connectivity index (χ1) is 14.1. The number of aromatic nitrogens is 2. The molecule has 30 heavy (non-hydrogen) atoms. The number of ether oxygens (including phenoxy) is 2. The number of carbonyl (C=O) groups is 1. The van der Waals surface area contributed by atoms with E-state index in [0.717, 1.165) is 6.07 Å². The van der Waals surface area contributed by atoms with E-state index in [4.69, 9.17) is 32.1 Å². The number of hydrogen-bond donors (Lipinski definition) is 1. The van der Waals surface area contributed by atoms with Crippen LogP contribution in [0, 0.1) is 11.3 Å². The normalized spacial score (nSPS) is 11.1. The van der Waals surface area contributed by atoms with Gasteiger partial charge in [-0.1, -0.05) is 11.6 Å². The molecule has 0 fully saturated rings. The Kier molecular flexibility index (Phi) is 5.58. The smallest absolute Gasteiger partial charge is 0.416 e. The average molecular weight is 437 g/mol. The van der Waals surface area contributed by atoms with Gasteiger partial charge in [-0.15, -0.1) is 0 Å². The average Bonchev–Trinajstić information content (AvgIpc) is 3.03. The number of carbonyl (C=O) groups excluding carboxylic acids is 1. The van der Waals surface area contributed by atoms with E-state index in [1.54, 1.807) is 0 Å². The minimum atomic E-state index is -4.61. The lowest BCUT2D eigenvalue weighted by molar-refractivity contribution is -0.137. The topological polar surface area (TPSA) is 103 Å². The highest BCUT2D eigenvalue weighted by molar-refractivity contribution is 6.29. The molecular formula is C19H12ClF3N4O3. The molecule has 0 unspecified atom stereocenters.